The lowest BCUT2D eigenvalue weighted by Crippen LogP contribution is -2.51. The summed E-state index contributed by atoms with van der Waals surface area (Å²) >= 11 is 0. The molecule has 2 aliphatic heterocycles. The highest BCUT2D eigenvalue weighted by molar-refractivity contribution is 5.97. The Balaban J connectivity index is 1.31. The summed E-state index contributed by atoms with van der Waals surface area (Å²) in [5.74, 6) is 0.680. The summed E-state index contributed by atoms with van der Waals surface area (Å²) in [6.45, 7) is 7.39. The molecule has 0 bridgehead atoms. The standard InChI is InChI=1S/C22H27N5O3/c1-21(2,3)27-13-18-19(25-27)17(28)11-22(30-18)6-8-26(9-7-22)20(29)14-4-5-16-15(10-14)12-23-24-16/h4-5,10,12-13,17,28H,6-9,11H2,1-3H3,(H,23,24). The van der Waals surface area contributed by atoms with Crippen LogP contribution in [0.2, 0.25) is 0 Å². The van der Waals surface area contributed by atoms with Crippen molar-refractivity contribution in [2.24, 2.45) is 0 Å². The Kier molecular flexibility index (Phi) is 4.18. The largest absolute Gasteiger partial charge is 0.483 e. The average Bonchev–Trinajstić information content (AvgIpc) is 3.34. The Morgan fingerprint density at radius 1 is 1.30 bits per heavy atom. The molecule has 1 spiro atoms. The Morgan fingerprint density at radius 3 is 2.80 bits per heavy atom. The van der Waals surface area contributed by atoms with Crippen LogP contribution in [-0.2, 0) is 5.54 Å². The van der Waals surface area contributed by atoms with Gasteiger partial charge in [0.25, 0.3) is 5.91 Å². The molecule has 0 aliphatic carbocycles. The summed E-state index contributed by atoms with van der Waals surface area (Å²) in [5, 5.41) is 23.1. The molecule has 8 nitrogen and oxygen atoms in total. The number of ether oxygens (including phenoxy) is 1. The van der Waals surface area contributed by atoms with E-state index in [9.17, 15) is 9.90 Å². The molecule has 30 heavy (non-hydrogen) atoms. The van der Waals surface area contributed by atoms with Gasteiger partial charge in [-0.1, -0.05) is 0 Å². The third kappa shape index (κ3) is 3.15. The molecular formula is C22H27N5O3. The van der Waals surface area contributed by atoms with E-state index in [1.54, 1.807) is 6.20 Å². The van der Waals surface area contributed by atoms with Gasteiger partial charge in [0.05, 0.1) is 23.4 Å². The number of likely N-dealkylation sites (tertiary alicyclic amines) is 1. The van der Waals surface area contributed by atoms with Crippen LogP contribution < -0.4 is 4.74 Å². The van der Waals surface area contributed by atoms with Gasteiger partial charge < -0.3 is 14.7 Å². The number of aliphatic hydroxyl groups is 1. The van der Waals surface area contributed by atoms with Crippen molar-refractivity contribution in [2.45, 2.75) is 57.3 Å². The molecule has 2 aromatic heterocycles. The number of aromatic nitrogens is 4. The van der Waals surface area contributed by atoms with Crippen molar-refractivity contribution in [3.63, 3.8) is 0 Å². The Morgan fingerprint density at radius 2 is 2.07 bits per heavy atom. The van der Waals surface area contributed by atoms with Crippen molar-refractivity contribution >= 4 is 16.8 Å². The van der Waals surface area contributed by atoms with E-state index in [0.717, 1.165) is 10.9 Å². The van der Waals surface area contributed by atoms with Crippen LogP contribution in [0.5, 0.6) is 5.75 Å². The first-order valence-corrected chi connectivity index (χ1v) is 10.4. The van der Waals surface area contributed by atoms with E-state index < -0.39 is 11.7 Å². The minimum absolute atomic E-state index is 0.0190. The molecule has 1 unspecified atom stereocenters. The zero-order valence-corrected chi connectivity index (χ0v) is 17.6. The predicted molar refractivity (Wildman–Crippen MR) is 111 cm³/mol. The van der Waals surface area contributed by atoms with Gasteiger partial charge in [-0.15, -0.1) is 0 Å². The number of hydrogen-bond acceptors (Lipinski definition) is 5. The smallest absolute Gasteiger partial charge is 0.253 e. The molecule has 0 saturated carbocycles. The number of fused-ring (bicyclic) bond motifs is 2. The normalized spacial score (nSPS) is 20.9. The number of aliphatic hydroxyl groups excluding tert-OH is 1. The predicted octanol–water partition coefficient (Wildman–Crippen LogP) is 3.01. The first-order valence-electron chi connectivity index (χ1n) is 10.4. The summed E-state index contributed by atoms with van der Waals surface area (Å²) < 4.78 is 8.25. The van der Waals surface area contributed by atoms with Crippen molar-refractivity contribution < 1.29 is 14.6 Å². The second kappa shape index (κ2) is 6.57. The van der Waals surface area contributed by atoms with Crippen LogP contribution in [0.15, 0.2) is 30.6 Å². The number of amides is 1. The van der Waals surface area contributed by atoms with Crippen LogP contribution in [-0.4, -0.2) is 54.6 Å². The molecule has 1 amide bonds. The van der Waals surface area contributed by atoms with E-state index in [2.05, 4.69) is 36.1 Å². The number of benzene rings is 1. The topological polar surface area (TPSA) is 96.3 Å². The van der Waals surface area contributed by atoms with Crippen molar-refractivity contribution in [3.8, 4) is 5.75 Å². The van der Waals surface area contributed by atoms with Gasteiger partial charge in [0.15, 0.2) is 5.75 Å². The third-order valence-electron chi connectivity index (χ3n) is 6.25. The molecule has 158 valence electrons. The van der Waals surface area contributed by atoms with Crippen molar-refractivity contribution in [1.82, 2.24) is 24.9 Å². The number of nitrogens with one attached hydrogen (secondary N) is 1. The molecule has 2 N–H and O–H groups in total. The van der Waals surface area contributed by atoms with Crippen molar-refractivity contribution in [3.05, 3.63) is 41.9 Å². The van der Waals surface area contributed by atoms with Gasteiger partial charge in [-0.2, -0.15) is 10.2 Å². The monoisotopic (exact) mass is 409 g/mol. The highest BCUT2D eigenvalue weighted by Crippen LogP contribution is 2.44. The minimum atomic E-state index is -0.650. The van der Waals surface area contributed by atoms with Gasteiger partial charge in [-0.25, -0.2) is 0 Å². The molecule has 1 aromatic carbocycles. The maximum absolute atomic E-state index is 13.0. The van der Waals surface area contributed by atoms with E-state index in [-0.39, 0.29) is 11.4 Å². The maximum Gasteiger partial charge on any atom is 0.253 e. The molecule has 5 rings (SSSR count). The number of H-pyrrole nitrogens is 1. The Labute approximate surface area is 174 Å². The number of rotatable bonds is 1. The SMILES string of the molecule is CC(C)(C)n1cc2c(n1)C(O)CC1(CCN(C(=O)c3ccc4[nH]ncc4c3)CC1)O2. The fraction of sp³-hybridized carbons (Fsp3) is 0.500. The lowest BCUT2D eigenvalue weighted by Gasteiger charge is -2.44. The molecule has 2 aliphatic rings. The molecule has 1 saturated heterocycles. The molecule has 1 atom stereocenters. The molecule has 4 heterocycles. The summed E-state index contributed by atoms with van der Waals surface area (Å²) in [7, 11) is 0. The lowest BCUT2D eigenvalue weighted by molar-refractivity contribution is -0.0504. The molecule has 1 fully saturated rings. The van der Waals surface area contributed by atoms with Gasteiger partial charge in [0, 0.05) is 43.3 Å². The number of carbonyl (C=O) groups is 1. The second-order valence-corrected chi connectivity index (χ2v) is 9.46. The van der Waals surface area contributed by atoms with E-state index in [1.165, 1.54) is 0 Å². The zero-order chi connectivity index (χ0) is 21.1. The van der Waals surface area contributed by atoms with E-state index in [0.29, 0.717) is 49.4 Å². The fourth-order valence-corrected chi connectivity index (χ4v) is 4.43. The maximum atomic E-state index is 13.0. The quantitative estimate of drug-likeness (QED) is 0.644. The summed E-state index contributed by atoms with van der Waals surface area (Å²) in [5.41, 5.74) is 1.56. The van der Waals surface area contributed by atoms with Gasteiger partial charge >= 0.3 is 0 Å². The van der Waals surface area contributed by atoms with E-state index in [1.807, 2.05) is 34.0 Å². The van der Waals surface area contributed by atoms with Crippen LogP contribution in [0.1, 0.15) is 62.2 Å². The third-order valence-corrected chi connectivity index (χ3v) is 6.25. The summed E-state index contributed by atoms with van der Waals surface area (Å²) in [6, 6.07) is 5.59. The fourth-order valence-electron chi connectivity index (χ4n) is 4.43. The van der Waals surface area contributed by atoms with Gasteiger partial charge in [-0.05, 0) is 39.0 Å². The number of piperidine rings is 1. The lowest BCUT2D eigenvalue weighted by atomic mass is 9.83. The number of hydrogen-bond donors (Lipinski definition) is 2. The van der Waals surface area contributed by atoms with Crippen LogP contribution in [0.25, 0.3) is 10.9 Å². The van der Waals surface area contributed by atoms with Crippen molar-refractivity contribution in [2.75, 3.05) is 13.1 Å². The van der Waals surface area contributed by atoms with Gasteiger partial charge in [-0.3, -0.25) is 14.6 Å². The van der Waals surface area contributed by atoms with Gasteiger partial charge in [0.2, 0.25) is 0 Å². The average molecular weight is 409 g/mol. The van der Waals surface area contributed by atoms with Gasteiger partial charge in [0.1, 0.15) is 17.4 Å². The first-order chi connectivity index (χ1) is 14.2. The number of nitrogens with zero attached hydrogens (tertiary/aromatic N) is 4. The summed E-state index contributed by atoms with van der Waals surface area (Å²) in [4.78, 5) is 14.9. The van der Waals surface area contributed by atoms with E-state index >= 15 is 0 Å². The van der Waals surface area contributed by atoms with Crippen LogP contribution >= 0.6 is 0 Å². The molecule has 8 heteroatoms. The first kappa shape index (κ1) is 19.1. The number of carbonyl (C=O) groups excluding carboxylic acids is 1. The zero-order valence-electron chi connectivity index (χ0n) is 17.6. The van der Waals surface area contributed by atoms with Crippen LogP contribution in [0.3, 0.4) is 0 Å². The van der Waals surface area contributed by atoms with Crippen molar-refractivity contribution in [1.29, 1.82) is 0 Å². The van der Waals surface area contributed by atoms with Crippen LogP contribution in [0.4, 0.5) is 0 Å². The molecular weight excluding hydrogens is 382 g/mol. The highest BCUT2D eigenvalue weighted by Gasteiger charge is 2.45. The molecule has 0 radical (unpaired) electrons. The Bertz CT molecular complexity index is 1100. The molecule has 3 aromatic rings. The second-order valence-electron chi connectivity index (χ2n) is 9.46. The van der Waals surface area contributed by atoms with Crippen LogP contribution in [0, 0.1) is 0 Å². The minimum Gasteiger partial charge on any atom is -0.483 e. The number of aromatic amines is 1. The summed E-state index contributed by atoms with van der Waals surface area (Å²) in [6.07, 6.45) is 4.84. The highest BCUT2D eigenvalue weighted by atomic mass is 16.5. The van der Waals surface area contributed by atoms with E-state index in [4.69, 9.17) is 4.74 Å². The Hall–Kier alpha value is -2.87.